The van der Waals surface area contributed by atoms with E-state index in [2.05, 4.69) is 27.0 Å². The molecule has 2 unspecified atom stereocenters. The number of benzene rings is 1. The quantitative estimate of drug-likeness (QED) is 0.600. The van der Waals surface area contributed by atoms with Gasteiger partial charge in [-0.05, 0) is 69.8 Å². The van der Waals surface area contributed by atoms with Crippen molar-refractivity contribution in [2.45, 2.75) is 71.4 Å². The number of aromatic nitrogens is 2. The van der Waals surface area contributed by atoms with Crippen molar-refractivity contribution in [2.24, 2.45) is 5.73 Å². The number of rotatable bonds is 8. The molecule has 0 spiro atoms. The summed E-state index contributed by atoms with van der Waals surface area (Å²) in [6.07, 6.45) is 3.45. The second-order valence-electron chi connectivity index (χ2n) is 8.51. The second-order valence-corrected chi connectivity index (χ2v) is 8.85. The van der Waals surface area contributed by atoms with Gasteiger partial charge in [0.05, 0.1) is 31.6 Å². The topological polar surface area (TPSA) is 82.7 Å². The van der Waals surface area contributed by atoms with E-state index in [9.17, 15) is 0 Å². The maximum absolute atomic E-state index is 6.32. The molecule has 0 bridgehead atoms. The van der Waals surface area contributed by atoms with E-state index >= 15 is 0 Å². The van der Waals surface area contributed by atoms with Gasteiger partial charge in [0.2, 0.25) is 5.28 Å². The summed E-state index contributed by atoms with van der Waals surface area (Å²) in [7, 11) is 1.62. The zero-order valence-electron chi connectivity index (χ0n) is 19.0. The van der Waals surface area contributed by atoms with Crippen LogP contribution in [0.2, 0.25) is 5.28 Å². The van der Waals surface area contributed by atoms with Crippen LogP contribution < -0.4 is 19.9 Å². The number of likely N-dealkylation sites (tertiary alicyclic amines) is 1. The number of hydrogen-bond acceptors (Lipinski definition) is 7. The molecule has 1 aliphatic heterocycles. The Morgan fingerprint density at radius 1 is 1.13 bits per heavy atom. The van der Waals surface area contributed by atoms with Crippen molar-refractivity contribution in [1.29, 1.82) is 0 Å². The van der Waals surface area contributed by atoms with Gasteiger partial charge in [0.25, 0.3) is 0 Å². The number of piperidine rings is 1. The predicted octanol–water partition coefficient (Wildman–Crippen LogP) is 4.38. The van der Waals surface area contributed by atoms with Gasteiger partial charge in [0.15, 0.2) is 5.75 Å². The van der Waals surface area contributed by atoms with Crippen molar-refractivity contribution in [3.05, 3.63) is 40.9 Å². The van der Waals surface area contributed by atoms with E-state index in [0.717, 1.165) is 42.1 Å². The molecule has 2 aromatic rings. The molecular weight excluding hydrogens is 416 g/mol. The van der Waals surface area contributed by atoms with Gasteiger partial charge in [-0.15, -0.1) is 0 Å². The molecule has 3 rings (SSSR count). The summed E-state index contributed by atoms with van der Waals surface area (Å²) < 4.78 is 17.5. The molecule has 1 fully saturated rings. The van der Waals surface area contributed by atoms with E-state index in [1.54, 1.807) is 13.3 Å². The van der Waals surface area contributed by atoms with E-state index in [-0.39, 0.29) is 29.6 Å². The largest absolute Gasteiger partial charge is 0.493 e. The Morgan fingerprint density at radius 3 is 2.35 bits per heavy atom. The van der Waals surface area contributed by atoms with Crippen molar-refractivity contribution >= 4 is 11.6 Å². The number of nitrogens with two attached hydrogens (primary N) is 1. The summed E-state index contributed by atoms with van der Waals surface area (Å²) in [5.74, 6) is 2.22. The molecule has 2 heterocycles. The lowest BCUT2D eigenvalue weighted by Gasteiger charge is -2.38. The molecule has 31 heavy (non-hydrogen) atoms. The highest BCUT2D eigenvalue weighted by atomic mass is 35.5. The van der Waals surface area contributed by atoms with Crippen molar-refractivity contribution in [3.63, 3.8) is 0 Å². The SMILES string of the molecule is COc1cnc(Cl)nc1C1CC(N)CCN1Cc1cc(OC(C)C)cc(OC(C)C)c1. The van der Waals surface area contributed by atoms with Gasteiger partial charge < -0.3 is 19.9 Å². The highest BCUT2D eigenvalue weighted by Gasteiger charge is 2.32. The highest BCUT2D eigenvalue weighted by Crippen LogP contribution is 2.36. The van der Waals surface area contributed by atoms with Crippen molar-refractivity contribution in [2.75, 3.05) is 13.7 Å². The summed E-state index contributed by atoms with van der Waals surface area (Å²) in [6.45, 7) is 9.61. The maximum atomic E-state index is 6.32. The third-order valence-electron chi connectivity index (χ3n) is 5.11. The first-order valence-electron chi connectivity index (χ1n) is 10.8. The van der Waals surface area contributed by atoms with Crippen LogP contribution >= 0.6 is 11.6 Å². The third-order valence-corrected chi connectivity index (χ3v) is 5.29. The molecule has 0 radical (unpaired) electrons. The van der Waals surface area contributed by atoms with Crippen LogP contribution in [-0.4, -0.2) is 46.8 Å². The molecule has 170 valence electrons. The van der Waals surface area contributed by atoms with E-state index in [1.165, 1.54) is 0 Å². The lowest BCUT2D eigenvalue weighted by molar-refractivity contribution is 0.122. The standard InChI is InChI=1S/C23H33ClN4O3/c1-14(2)30-18-8-16(9-19(11-18)31-15(3)4)13-28-7-6-17(25)10-20(28)22-21(29-5)12-26-23(24)27-22/h8-9,11-12,14-15,17,20H,6-7,10,13,25H2,1-5H3. The lowest BCUT2D eigenvalue weighted by Crippen LogP contribution is -2.42. The first-order valence-corrected chi connectivity index (χ1v) is 11.2. The Morgan fingerprint density at radius 2 is 1.77 bits per heavy atom. The minimum atomic E-state index is -0.0247. The van der Waals surface area contributed by atoms with Gasteiger partial charge in [-0.25, -0.2) is 9.97 Å². The summed E-state index contributed by atoms with van der Waals surface area (Å²) in [6, 6.07) is 6.16. The number of methoxy groups -OCH3 is 1. The molecule has 1 aromatic heterocycles. The predicted molar refractivity (Wildman–Crippen MR) is 122 cm³/mol. The summed E-state index contributed by atoms with van der Waals surface area (Å²) in [4.78, 5) is 10.9. The molecule has 1 aliphatic rings. The summed E-state index contributed by atoms with van der Waals surface area (Å²) >= 11 is 6.12. The summed E-state index contributed by atoms with van der Waals surface area (Å²) in [5.41, 5.74) is 8.20. The number of ether oxygens (including phenoxy) is 3. The maximum Gasteiger partial charge on any atom is 0.222 e. The Kier molecular flexibility index (Phi) is 7.97. The van der Waals surface area contributed by atoms with Crippen molar-refractivity contribution in [1.82, 2.24) is 14.9 Å². The second kappa shape index (κ2) is 10.5. The Bertz CT molecular complexity index is 850. The van der Waals surface area contributed by atoms with Gasteiger partial charge in [-0.1, -0.05) is 0 Å². The Labute approximate surface area is 189 Å². The average molecular weight is 449 g/mol. The minimum Gasteiger partial charge on any atom is -0.493 e. The lowest BCUT2D eigenvalue weighted by atomic mass is 9.94. The number of halogens is 1. The molecular formula is C23H33ClN4O3. The van der Waals surface area contributed by atoms with Crippen LogP contribution in [0.1, 0.15) is 57.8 Å². The van der Waals surface area contributed by atoms with Gasteiger partial charge >= 0.3 is 0 Å². The van der Waals surface area contributed by atoms with Crippen molar-refractivity contribution in [3.8, 4) is 17.2 Å². The fraction of sp³-hybridized carbons (Fsp3) is 0.565. The van der Waals surface area contributed by atoms with Crippen molar-refractivity contribution < 1.29 is 14.2 Å². The van der Waals surface area contributed by atoms with Crippen LogP contribution in [0, 0.1) is 0 Å². The molecule has 2 atom stereocenters. The number of hydrogen-bond donors (Lipinski definition) is 1. The minimum absolute atomic E-state index is 0.0247. The summed E-state index contributed by atoms with van der Waals surface area (Å²) in [5, 5.41) is 0.204. The molecule has 7 nitrogen and oxygen atoms in total. The van der Waals surface area contributed by atoms with E-state index in [1.807, 2.05) is 33.8 Å². The zero-order valence-corrected chi connectivity index (χ0v) is 19.7. The molecule has 1 saturated heterocycles. The van der Waals surface area contributed by atoms with E-state index in [0.29, 0.717) is 12.3 Å². The molecule has 0 saturated carbocycles. The molecule has 0 aliphatic carbocycles. The highest BCUT2D eigenvalue weighted by molar-refractivity contribution is 6.28. The Balaban J connectivity index is 1.92. The van der Waals surface area contributed by atoms with Crippen LogP contribution in [0.25, 0.3) is 0 Å². The monoisotopic (exact) mass is 448 g/mol. The average Bonchev–Trinajstić information content (AvgIpc) is 2.68. The van der Waals surface area contributed by atoms with Gasteiger partial charge in [-0.2, -0.15) is 0 Å². The first-order chi connectivity index (χ1) is 14.7. The Hall–Kier alpha value is -2.09. The van der Waals surface area contributed by atoms with Gasteiger partial charge in [0.1, 0.15) is 17.2 Å². The fourth-order valence-electron chi connectivity index (χ4n) is 3.91. The van der Waals surface area contributed by atoms with Crippen LogP contribution in [0.4, 0.5) is 0 Å². The first kappa shape index (κ1) is 23.6. The molecule has 0 amide bonds. The normalized spacial score (nSPS) is 19.6. The van der Waals surface area contributed by atoms with Crippen LogP contribution in [-0.2, 0) is 6.54 Å². The number of nitrogens with zero attached hydrogens (tertiary/aromatic N) is 3. The van der Waals surface area contributed by atoms with Gasteiger partial charge in [-0.3, -0.25) is 4.90 Å². The van der Waals surface area contributed by atoms with Crippen LogP contribution in [0.15, 0.2) is 24.4 Å². The van der Waals surface area contributed by atoms with Gasteiger partial charge in [0, 0.05) is 25.2 Å². The molecule has 8 heteroatoms. The third kappa shape index (κ3) is 6.45. The van der Waals surface area contributed by atoms with E-state index < -0.39 is 0 Å². The molecule has 2 N–H and O–H groups in total. The van der Waals surface area contributed by atoms with Crippen LogP contribution in [0.5, 0.6) is 17.2 Å². The zero-order chi connectivity index (χ0) is 22.5. The fourth-order valence-corrected chi connectivity index (χ4v) is 4.05. The smallest absolute Gasteiger partial charge is 0.222 e. The van der Waals surface area contributed by atoms with Crippen LogP contribution in [0.3, 0.4) is 0 Å². The molecule has 1 aromatic carbocycles. The van der Waals surface area contributed by atoms with E-state index in [4.69, 9.17) is 31.5 Å².